The van der Waals surface area contributed by atoms with E-state index >= 15 is 0 Å². The Hall–Kier alpha value is -2.15. The number of aliphatic hydroxyl groups excluding tert-OH is 1. The number of hydrogen-bond donors (Lipinski definition) is 2. The predicted octanol–water partition coefficient (Wildman–Crippen LogP) is 0.502. The summed E-state index contributed by atoms with van der Waals surface area (Å²) in [7, 11) is 1.50. The lowest BCUT2D eigenvalue weighted by molar-refractivity contribution is -0.147. The van der Waals surface area contributed by atoms with Crippen LogP contribution in [-0.4, -0.2) is 59.7 Å². The first-order chi connectivity index (χ1) is 11.5. The van der Waals surface area contributed by atoms with Crippen molar-refractivity contribution in [2.24, 2.45) is 5.41 Å². The molecule has 1 spiro atoms. The van der Waals surface area contributed by atoms with Gasteiger partial charge in [-0.3, -0.25) is 14.6 Å². The topological polar surface area (TPSA) is 91.8 Å². The van der Waals surface area contributed by atoms with Crippen molar-refractivity contribution in [2.45, 2.75) is 32.3 Å². The first-order valence-corrected chi connectivity index (χ1v) is 8.24. The fourth-order valence-electron chi connectivity index (χ4n) is 3.66. The van der Waals surface area contributed by atoms with Crippen LogP contribution in [0.15, 0.2) is 12.3 Å². The lowest BCUT2D eigenvalue weighted by Gasteiger charge is -2.46. The fourth-order valence-corrected chi connectivity index (χ4v) is 3.66. The molecule has 2 N–H and O–H groups in total. The normalized spacial score (nSPS) is 27.0. The molecule has 3 heterocycles. The fraction of sp³-hybridized carbons (Fsp3) is 0.588. The Bertz CT molecular complexity index is 663. The average Bonchev–Trinajstić information content (AvgIpc) is 2.59. The van der Waals surface area contributed by atoms with Crippen LogP contribution < -0.4 is 10.1 Å². The summed E-state index contributed by atoms with van der Waals surface area (Å²) in [5.74, 6) is 0.0671. The summed E-state index contributed by atoms with van der Waals surface area (Å²) in [5.41, 5.74) is 0.260. The molecular weight excluding hydrogens is 310 g/mol. The van der Waals surface area contributed by atoms with E-state index in [1.54, 1.807) is 11.0 Å². The third-order valence-corrected chi connectivity index (χ3v) is 5.06. The van der Waals surface area contributed by atoms with Crippen molar-refractivity contribution in [3.8, 4) is 5.75 Å². The standard InChI is InChI=1S/C17H23N3O4/c1-11-8-12(13(24-2)9-19-11)15(22)20-7-4-14(21)17(10-20)5-3-6-18-16(17)23/h8-9,14,21H,3-7,10H2,1-2H3,(H,18,23)/t14-,17+/m0/s1. The second kappa shape index (κ2) is 6.39. The molecular formula is C17H23N3O4. The summed E-state index contributed by atoms with van der Waals surface area (Å²) < 4.78 is 5.25. The molecule has 0 aliphatic carbocycles. The average molecular weight is 333 g/mol. The van der Waals surface area contributed by atoms with E-state index in [2.05, 4.69) is 10.3 Å². The monoisotopic (exact) mass is 333 g/mol. The van der Waals surface area contributed by atoms with Gasteiger partial charge in [-0.25, -0.2) is 0 Å². The summed E-state index contributed by atoms with van der Waals surface area (Å²) in [4.78, 5) is 31.2. The highest BCUT2D eigenvalue weighted by molar-refractivity contribution is 5.97. The highest BCUT2D eigenvalue weighted by Crippen LogP contribution is 2.38. The van der Waals surface area contributed by atoms with E-state index in [1.165, 1.54) is 13.3 Å². The third-order valence-electron chi connectivity index (χ3n) is 5.06. The number of nitrogens with zero attached hydrogens (tertiary/aromatic N) is 2. The third kappa shape index (κ3) is 2.73. The summed E-state index contributed by atoms with van der Waals surface area (Å²) in [6, 6.07) is 1.69. The van der Waals surface area contributed by atoms with Crippen LogP contribution in [0.25, 0.3) is 0 Å². The zero-order valence-electron chi connectivity index (χ0n) is 14.0. The van der Waals surface area contributed by atoms with Crippen molar-refractivity contribution in [3.63, 3.8) is 0 Å². The number of hydrogen-bond acceptors (Lipinski definition) is 5. The number of carbonyl (C=O) groups is 2. The number of likely N-dealkylation sites (tertiary alicyclic amines) is 1. The van der Waals surface area contributed by atoms with Gasteiger partial charge in [0.25, 0.3) is 5.91 Å². The number of aryl methyl sites for hydroxylation is 1. The number of pyridine rings is 1. The van der Waals surface area contributed by atoms with E-state index in [0.717, 1.165) is 12.1 Å². The molecule has 1 aromatic rings. The first-order valence-electron chi connectivity index (χ1n) is 8.24. The van der Waals surface area contributed by atoms with Gasteiger partial charge in [0, 0.05) is 25.3 Å². The Balaban J connectivity index is 1.89. The number of aromatic nitrogens is 1. The maximum atomic E-state index is 13.0. The molecule has 2 aliphatic heterocycles. The Morgan fingerprint density at radius 3 is 3.04 bits per heavy atom. The van der Waals surface area contributed by atoms with Gasteiger partial charge in [0.1, 0.15) is 5.75 Å². The van der Waals surface area contributed by atoms with E-state index in [1.807, 2.05) is 6.92 Å². The maximum Gasteiger partial charge on any atom is 0.257 e. The van der Waals surface area contributed by atoms with Crippen LogP contribution in [0, 0.1) is 12.3 Å². The van der Waals surface area contributed by atoms with E-state index in [9.17, 15) is 14.7 Å². The molecule has 1 aromatic heterocycles. The van der Waals surface area contributed by atoms with Crippen LogP contribution in [-0.2, 0) is 4.79 Å². The van der Waals surface area contributed by atoms with E-state index < -0.39 is 11.5 Å². The second-order valence-corrected chi connectivity index (χ2v) is 6.57. The van der Waals surface area contributed by atoms with Gasteiger partial charge in [-0.15, -0.1) is 0 Å². The quantitative estimate of drug-likeness (QED) is 0.822. The molecule has 2 saturated heterocycles. The van der Waals surface area contributed by atoms with Crippen LogP contribution >= 0.6 is 0 Å². The van der Waals surface area contributed by atoms with Crippen LogP contribution in [0.3, 0.4) is 0 Å². The van der Waals surface area contributed by atoms with Gasteiger partial charge in [0.05, 0.1) is 30.4 Å². The van der Waals surface area contributed by atoms with Gasteiger partial charge in [0.15, 0.2) is 0 Å². The van der Waals surface area contributed by atoms with Gasteiger partial charge in [-0.1, -0.05) is 0 Å². The van der Waals surface area contributed by atoms with Crippen molar-refractivity contribution in [3.05, 3.63) is 23.5 Å². The van der Waals surface area contributed by atoms with Crippen LogP contribution in [0.4, 0.5) is 0 Å². The van der Waals surface area contributed by atoms with Gasteiger partial charge < -0.3 is 20.1 Å². The SMILES string of the molecule is COc1cnc(C)cc1C(=O)N1CC[C@H](O)[C@@]2(CCCNC2=O)C1. The zero-order chi connectivity index (χ0) is 17.3. The van der Waals surface area contributed by atoms with Crippen molar-refractivity contribution < 1.29 is 19.4 Å². The maximum absolute atomic E-state index is 13.0. The van der Waals surface area contributed by atoms with Crippen LogP contribution in [0.1, 0.15) is 35.3 Å². The summed E-state index contributed by atoms with van der Waals surface area (Å²) in [6.07, 6.45) is 2.61. The Labute approximate surface area is 141 Å². The van der Waals surface area contributed by atoms with Crippen LogP contribution in [0.5, 0.6) is 5.75 Å². The smallest absolute Gasteiger partial charge is 0.257 e. The van der Waals surface area contributed by atoms with Crippen molar-refractivity contribution >= 4 is 11.8 Å². The summed E-state index contributed by atoms with van der Waals surface area (Å²) in [5, 5.41) is 13.3. The number of piperidine rings is 2. The lowest BCUT2D eigenvalue weighted by Crippen LogP contribution is -2.62. The van der Waals surface area contributed by atoms with Gasteiger partial charge in [-0.05, 0) is 32.3 Å². The number of rotatable bonds is 2. The molecule has 2 amide bonds. The molecule has 7 heteroatoms. The minimum absolute atomic E-state index is 0.156. The van der Waals surface area contributed by atoms with Gasteiger partial charge in [0.2, 0.25) is 5.91 Å². The second-order valence-electron chi connectivity index (χ2n) is 6.57. The minimum Gasteiger partial charge on any atom is -0.494 e. The molecule has 0 unspecified atom stereocenters. The first kappa shape index (κ1) is 16.7. The minimum atomic E-state index is -0.901. The summed E-state index contributed by atoms with van der Waals surface area (Å²) >= 11 is 0. The van der Waals surface area contributed by atoms with E-state index in [0.29, 0.717) is 37.2 Å². The zero-order valence-corrected chi connectivity index (χ0v) is 14.0. The number of methoxy groups -OCH3 is 1. The molecule has 2 fully saturated rings. The molecule has 7 nitrogen and oxygen atoms in total. The molecule has 24 heavy (non-hydrogen) atoms. The van der Waals surface area contributed by atoms with Crippen molar-refractivity contribution in [2.75, 3.05) is 26.7 Å². The highest BCUT2D eigenvalue weighted by atomic mass is 16.5. The van der Waals surface area contributed by atoms with E-state index in [-0.39, 0.29) is 18.4 Å². The van der Waals surface area contributed by atoms with Crippen molar-refractivity contribution in [1.29, 1.82) is 0 Å². The molecule has 0 bridgehead atoms. The Kier molecular flexibility index (Phi) is 4.45. The molecule has 0 radical (unpaired) electrons. The molecule has 0 saturated carbocycles. The number of ether oxygens (including phenoxy) is 1. The number of nitrogens with one attached hydrogen (secondary N) is 1. The van der Waals surface area contributed by atoms with Crippen molar-refractivity contribution in [1.82, 2.24) is 15.2 Å². The molecule has 3 rings (SSSR count). The number of aliphatic hydroxyl groups is 1. The number of amides is 2. The number of carbonyl (C=O) groups excluding carboxylic acids is 2. The van der Waals surface area contributed by atoms with Crippen LogP contribution in [0.2, 0.25) is 0 Å². The Morgan fingerprint density at radius 1 is 1.54 bits per heavy atom. The molecule has 130 valence electrons. The lowest BCUT2D eigenvalue weighted by atomic mass is 9.71. The Morgan fingerprint density at radius 2 is 2.33 bits per heavy atom. The molecule has 2 aliphatic rings. The predicted molar refractivity (Wildman–Crippen MR) is 86.7 cm³/mol. The largest absolute Gasteiger partial charge is 0.494 e. The van der Waals surface area contributed by atoms with Gasteiger partial charge >= 0.3 is 0 Å². The summed E-state index contributed by atoms with van der Waals surface area (Å²) in [6.45, 7) is 3.08. The van der Waals surface area contributed by atoms with E-state index in [4.69, 9.17) is 4.74 Å². The van der Waals surface area contributed by atoms with Gasteiger partial charge in [-0.2, -0.15) is 0 Å². The highest BCUT2D eigenvalue weighted by Gasteiger charge is 2.50. The molecule has 0 aromatic carbocycles. The molecule has 2 atom stereocenters.